The zero-order chi connectivity index (χ0) is 15.6. The molecule has 1 fully saturated rings. The smallest absolute Gasteiger partial charge is 0.175 e. The molecule has 1 spiro atoms. The maximum Gasteiger partial charge on any atom is 0.175 e. The summed E-state index contributed by atoms with van der Waals surface area (Å²) in [6.45, 7) is 1.92. The number of benzene rings is 1. The molecule has 118 valence electrons. The normalized spacial score (nSPS) is 24.4. The van der Waals surface area contributed by atoms with E-state index in [9.17, 15) is 4.79 Å². The molecule has 0 radical (unpaired) electrons. The summed E-state index contributed by atoms with van der Waals surface area (Å²) in [5.41, 5.74) is 0.967. The van der Waals surface area contributed by atoms with E-state index in [1.165, 1.54) is 5.56 Å². The molecule has 2 aliphatic rings. The van der Waals surface area contributed by atoms with Crippen molar-refractivity contribution in [2.45, 2.75) is 31.2 Å². The third-order valence-corrected chi connectivity index (χ3v) is 4.93. The molecule has 1 atom stereocenters. The van der Waals surface area contributed by atoms with Crippen molar-refractivity contribution >= 4 is 5.78 Å². The van der Waals surface area contributed by atoms with Crippen molar-refractivity contribution in [3.63, 3.8) is 0 Å². The quantitative estimate of drug-likeness (QED) is 0.838. The van der Waals surface area contributed by atoms with Gasteiger partial charge in [-0.15, -0.1) is 0 Å². The molecule has 4 nitrogen and oxygen atoms in total. The van der Waals surface area contributed by atoms with Gasteiger partial charge in [0.25, 0.3) is 0 Å². The van der Waals surface area contributed by atoms with Crippen LogP contribution in [-0.2, 0) is 11.2 Å². The Hall–Kier alpha value is -1.81. The fourth-order valence-electron chi connectivity index (χ4n) is 3.69. The van der Waals surface area contributed by atoms with Gasteiger partial charge in [-0.25, -0.2) is 0 Å². The van der Waals surface area contributed by atoms with Crippen LogP contribution in [0.15, 0.2) is 30.4 Å². The van der Waals surface area contributed by atoms with Crippen LogP contribution >= 0.6 is 0 Å². The highest BCUT2D eigenvalue weighted by Crippen LogP contribution is 2.37. The van der Waals surface area contributed by atoms with Gasteiger partial charge in [-0.1, -0.05) is 12.1 Å². The monoisotopic (exact) mass is 301 g/mol. The first-order valence-electron chi connectivity index (χ1n) is 7.86. The molecule has 0 unspecified atom stereocenters. The highest BCUT2D eigenvalue weighted by atomic mass is 16.5. The first-order chi connectivity index (χ1) is 10.7. The van der Waals surface area contributed by atoms with E-state index in [0.29, 0.717) is 0 Å². The Labute approximate surface area is 131 Å². The van der Waals surface area contributed by atoms with Gasteiger partial charge >= 0.3 is 0 Å². The second kappa shape index (κ2) is 6.13. The lowest BCUT2D eigenvalue weighted by Gasteiger charge is -2.33. The van der Waals surface area contributed by atoms with Gasteiger partial charge in [-0.3, -0.25) is 9.69 Å². The first kappa shape index (κ1) is 15.1. The second-order valence-corrected chi connectivity index (χ2v) is 6.03. The summed E-state index contributed by atoms with van der Waals surface area (Å²) < 4.78 is 10.6. The maximum absolute atomic E-state index is 12.2. The topological polar surface area (TPSA) is 38.8 Å². The van der Waals surface area contributed by atoms with Gasteiger partial charge in [0.05, 0.1) is 19.8 Å². The van der Waals surface area contributed by atoms with Crippen molar-refractivity contribution in [2.24, 2.45) is 0 Å². The molecule has 3 rings (SSSR count). The third-order valence-electron chi connectivity index (χ3n) is 4.93. The van der Waals surface area contributed by atoms with Gasteiger partial charge in [0.2, 0.25) is 0 Å². The van der Waals surface area contributed by atoms with E-state index in [-0.39, 0.29) is 11.3 Å². The zero-order valence-electron chi connectivity index (χ0n) is 13.3. The first-order valence-corrected chi connectivity index (χ1v) is 7.86. The summed E-state index contributed by atoms with van der Waals surface area (Å²) in [5.74, 6) is 1.80. The average Bonchev–Trinajstić information content (AvgIpc) is 3.12. The number of ether oxygens (including phenoxy) is 2. The van der Waals surface area contributed by atoms with Crippen LogP contribution in [0.4, 0.5) is 0 Å². The number of likely N-dealkylation sites (tertiary alicyclic amines) is 1. The van der Waals surface area contributed by atoms with Gasteiger partial charge < -0.3 is 9.47 Å². The Morgan fingerprint density at radius 3 is 2.73 bits per heavy atom. The van der Waals surface area contributed by atoms with Crippen molar-refractivity contribution in [1.82, 2.24) is 4.90 Å². The van der Waals surface area contributed by atoms with Crippen LogP contribution in [0.5, 0.6) is 11.5 Å². The Morgan fingerprint density at radius 2 is 2.05 bits per heavy atom. The standard InChI is InChI=1S/C18H23NO3/c1-21-15-7-6-14(13-16(15)22-2)8-12-19-11-4-10-18(19)9-3-5-17(18)20/h3,5-7,13H,4,8-12H2,1-2H3/t18-/m1/s1. The van der Waals surface area contributed by atoms with Crippen LogP contribution in [0.3, 0.4) is 0 Å². The van der Waals surface area contributed by atoms with Crippen molar-refractivity contribution < 1.29 is 14.3 Å². The van der Waals surface area contributed by atoms with E-state index in [1.807, 2.05) is 18.2 Å². The number of carbonyl (C=O) groups excluding carboxylic acids is 1. The summed E-state index contributed by atoms with van der Waals surface area (Å²) in [6.07, 6.45) is 7.67. The highest BCUT2D eigenvalue weighted by Gasteiger charge is 2.46. The van der Waals surface area contributed by atoms with Crippen LogP contribution in [0.25, 0.3) is 0 Å². The molecule has 0 bridgehead atoms. The molecule has 1 aliphatic carbocycles. The van der Waals surface area contributed by atoms with Gasteiger partial charge in [-0.2, -0.15) is 0 Å². The molecular formula is C18H23NO3. The fourth-order valence-corrected chi connectivity index (χ4v) is 3.69. The molecule has 22 heavy (non-hydrogen) atoms. The minimum Gasteiger partial charge on any atom is -0.493 e. The van der Waals surface area contributed by atoms with E-state index < -0.39 is 0 Å². The largest absolute Gasteiger partial charge is 0.493 e. The predicted octanol–water partition coefficient (Wildman–Crippen LogP) is 2.61. The van der Waals surface area contributed by atoms with Gasteiger partial charge in [0, 0.05) is 6.54 Å². The minimum atomic E-state index is -0.240. The summed E-state index contributed by atoms with van der Waals surface area (Å²) >= 11 is 0. The Kier molecular flexibility index (Phi) is 4.21. The molecule has 0 amide bonds. The number of methoxy groups -OCH3 is 2. The molecule has 1 saturated heterocycles. The summed E-state index contributed by atoms with van der Waals surface area (Å²) in [4.78, 5) is 14.6. The Balaban J connectivity index is 1.69. The number of carbonyl (C=O) groups is 1. The van der Waals surface area contributed by atoms with Crippen molar-refractivity contribution in [2.75, 3.05) is 27.3 Å². The minimum absolute atomic E-state index is 0.240. The predicted molar refractivity (Wildman–Crippen MR) is 85.6 cm³/mol. The number of nitrogens with zero attached hydrogens (tertiary/aromatic N) is 1. The molecule has 0 aromatic heterocycles. The summed E-state index contributed by atoms with van der Waals surface area (Å²) in [7, 11) is 3.30. The van der Waals surface area contributed by atoms with Crippen LogP contribution in [0, 0.1) is 0 Å². The summed E-state index contributed by atoms with van der Waals surface area (Å²) in [5, 5.41) is 0. The van der Waals surface area contributed by atoms with Crippen molar-refractivity contribution in [3.05, 3.63) is 35.9 Å². The molecule has 0 saturated carbocycles. The van der Waals surface area contributed by atoms with Crippen LogP contribution in [0.1, 0.15) is 24.8 Å². The SMILES string of the molecule is COc1ccc(CCN2CCC[C@@]23CC=CC3=O)cc1OC. The van der Waals surface area contributed by atoms with E-state index in [1.54, 1.807) is 20.3 Å². The second-order valence-electron chi connectivity index (χ2n) is 6.03. The summed E-state index contributed by atoms with van der Waals surface area (Å²) in [6, 6.07) is 6.03. The van der Waals surface area contributed by atoms with Crippen molar-refractivity contribution in [3.8, 4) is 11.5 Å². The van der Waals surface area contributed by atoms with E-state index >= 15 is 0 Å². The van der Waals surface area contributed by atoms with Crippen LogP contribution in [0.2, 0.25) is 0 Å². The lowest BCUT2D eigenvalue weighted by atomic mass is 9.92. The molecule has 1 heterocycles. The van der Waals surface area contributed by atoms with Crippen LogP contribution in [-0.4, -0.2) is 43.5 Å². The fraction of sp³-hybridized carbons (Fsp3) is 0.500. The van der Waals surface area contributed by atoms with Crippen molar-refractivity contribution in [1.29, 1.82) is 0 Å². The molecule has 1 aromatic rings. The molecule has 4 heteroatoms. The van der Waals surface area contributed by atoms with E-state index in [0.717, 1.165) is 50.3 Å². The lowest BCUT2D eigenvalue weighted by Crippen LogP contribution is -2.48. The number of hydrogen-bond acceptors (Lipinski definition) is 4. The molecular weight excluding hydrogens is 278 g/mol. The molecule has 1 aromatic carbocycles. The molecule has 1 aliphatic heterocycles. The Bertz CT molecular complexity index is 596. The number of hydrogen-bond donors (Lipinski definition) is 0. The number of rotatable bonds is 5. The Morgan fingerprint density at radius 1 is 1.23 bits per heavy atom. The molecule has 0 N–H and O–H groups in total. The zero-order valence-corrected chi connectivity index (χ0v) is 13.3. The maximum atomic E-state index is 12.2. The highest BCUT2D eigenvalue weighted by molar-refractivity contribution is 6.00. The number of ketones is 1. The van der Waals surface area contributed by atoms with Gasteiger partial charge in [-0.05, 0) is 56.0 Å². The lowest BCUT2D eigenvalue weighted by molar-refractivity contribution is -0.123. The van der Waals surface area contributed by atoms with Crippen LogP contribution < -0.4 is 9.47 Å². The van der Waals surface area contributed by atoms with E-state index in [4.69, 9.17) is 9.47 Å². The van der Waals surface area contributed by atoms with Gasteiger partial charge in [0.1, 0.15) is 0 Å². The third kappa shape index (κ3) is 2.52. The van der Waals surface area contributed by atoms with Gasteiger partial charge in [0.15, 0.2) is 17.3 Å². The average molecular weight is 301 g/mol. The van der Waals surface area contributed by atoms with E-state index in [2.05, 4.69) is 11.0 Å².